The molecule has 0 aliphatic rings. The molecule has 72 valence electrons. The highest BCUT2D eigenvalue weighted by atomic mass is 35.5. The van der Waals surface area contributed by atoms with E-state index in [-0.39, 0.29) is 5.97 Å². The van der Waals surface area contributed by atoms with Crippen LogP contribution in [0.2, 0.25) is 0 Å². The molecule has 0 saturated carbocycles. The van der Waals surface area contributed by atoms with E-state index in [1.54, 1.807) is 0 Å². The molecule has 3 nitrogen and oxygen atoms in total. The van der Waals surface area contributed by atoms with Gasteiger partial charge in [0.1, 0.15) is 6.04 Å². The van der Waals surface area contributed by atoms with E-state index < -0.39 is 6.04 Å². The highest BCUT2D eigenvalue weighted by molar-refractivity contribution is 6.18. The van der Waals surface area contributed by atoms with Gasteiger partial charge in [-0.1, -0.05) is 13.3 Å². The van der Waals surface area contributed by atoms with E-state index in [4.69, 9.17) is 22.1 Å². The maximum Gasteiger partial charge on any atom is 0.322 e. The van der Waals surface area contributed by atoms with Crippen molar-refractivity contribution in [3.05, 3.63) is 0 Å². The summed E-state index contributed by atoms with van der Waals surface area (Å²) in [7, 11) is 0. The summed E-state index contributed by atoms with van der Waals surface area (Å²) in [6.07, 6.45) is 2.38. The minimum atomic E-state index is -0.556. The highest BCUT2D eigenvalue weighted by Crippen LogP contribution is 1.96. The third-order valence-electron chi connectivity index (χ3n) is 1.47. The van der Waals surface area contributed by atoms with Gasteiger partial charge in [0.15, 0.2) is 0 Å². The summed E-state index contributed by atoms with van der Waals surface area (Å²) in [4.78, 5) is 11.0. The highest BCUT2D eigenvalue weighted by Gasteiger charge is 2.13. The Hall–Kier alpha value is -0.280. The average molecular weight is 194 g/mol. The molecule has 0 spiro atoms. The van der Waals surface area contributed by atoms with Gasteiger partial charge in [-0.25, -0.2) is 0 Å². The maximum atomic E-state index is 11.0. The number of esters is 1. The van der Waals surface area contributed by atoms with Crippen LogP contribution >= 0.6 is 11.6 Å². The van der Waals surface area contributed by atoms with Gasteiger partial charge >= 0.3 is 5.97 Å². The molecule has 0 amide bonds. The molecule has 4 heteroatoms. The Morgan fingerprint density at radius 3 is 2.83 bits per heavy atom. The SMILES string of the molecule is CCCCOC(=O)[C@@H](N)CCCl. The summed E-state index contributed by atoms with van der Waals surface area (Å²) < 4.78 is 4.87. The van der Waals surface area contributed by atoms with Gasteiger partial charge in [0, 0.05) is 5.88 Å². The van der Waals surface area contributed by atoms with E-state index in [1.807, 2.05) is 6.92 Å². The minimum absolute atomic E-state index is 0.343. The zero-order valence-electron chi connectivity index (χ0n) is 7.38. The van der Waals surface area contributed by atoms with Gasteiger partial charge in [0.2, 0.25) is 0 Å². The number of carbonyl (C=O) groups excluding carboxylic acids is 1. The van der Waals surface area contributed by atoms with E-state index in [2.05, 4.69) is 0 Å². The van der Waals surface area contributed by atoms with Crippen LogP contribution in [0.25, 0.3) is 0 Å². The van der Waals surface area contributed by atoms with Crippen molar-refractivity contribution in [3.63, 3.8) is 0 Å². The van der Waals surface area contributed by atoms with Crippen molar-refractivity contribution in [2.45, 2.75) is 32.2 Å². The van der Waals surface area contributed by atoms with Crippen LogP contribution < -0.4 is 5.73 Å². The lowest BCUT2D eigenvalue weighted by Gasteiger charge is -2.08. The van der Waals surface area contributed by atoms with Gasteiger partial charge in [-0.15, -0.1) is 11.6 Å². The Bertz CT molecular complexity index is 130. The van der Waals surface area contributed by atoms with E-state index in [0.29, 0.717) is 18.9 Å². The van der Waals surface area contributed by atoms with Gasteiger partial charge in [-0.2, -0.15) is 0 Å². The Kier molecular flexibility index (Phi) is 7.20. The molecule has 0 saturated heterocycles. The van der Waals surface area contributed by atoms with Crippen molar-refractivity contribution >= 4 is 17.6 Å². The van der Waals surface area contributed by atoms with Crippen LogP contribution in [0.1, 0.15) is 26.2 Å². The lowest BCUT2D eigenvalue weighted by atomic mass is 10.2. The molecule has 0 aromatic carbocycles. The Labute approximate surface area is 78.2 Å². The molecule has 0 aromatic heterocycles. The van der Waals surface area contributed by atoms with E-state index in [0.717, 1.165) is 12.8 Å². The number of unbranched alkanes of at least 4 members (excludes halogenated alkanes) is 1. The standard InChI is InChI=1S/C8H16ClNO2/c1-2-3-6-12-8(11)7(10)4-5-9/h7H,2-6,10H2,1H3/t7-/m0/s1. The van der Waals surface area contributed by atoms with Crippen LogP contribution in [0.5, 0.6) is 0 Å². The number of rotatable bonds is 6. The molecule has 0 heterocycles. The molecule has 12 heavy (non-hydrogen) atoms. The second-order valence-electron chi connectivity index (χ2n) is 2.61. The summed E-state index contributed by atoms with van der Waals surface area (Å²) in [6, 6.07) is -0.556. The number of nitrogens with two attached hydrogens (primary N) is 1. The van der Waals surface area contributed by atoms with Gasteiger partial charge in [-0.05, 0) is 12.8 Å². The Morgan fingerprint density at radius 2 is 2.33 bits per heavy atom. The van der Waals surface area contributed by atoms with Crippen molar-refractivity contribution in [2.24, 2.45) is 5.73 Å². The third-order valence-corrected chi connectivity index (χ3v) is 1.68. The number of carbonyl (C=O) groups is 1. The monoisotopic (exact) mass is 193 g/mol. The largest absolute Gasteiger partial charge is 0.465 e. The van der Waals surface area contributed by atoms with E-state index in [9.17, 15) is 4.79 Å². The summed E-state index contributed by atoms with van der Waals surface area (Å²) in [6.45, 7) is 2.50. The van der Waals surface area contributed by atoms with Crippen molar-refractivity contribution < 1.29 is 9.53 Å². The zero-order valence-corrected chi connectivity index (χ0v) is 8.14. The molecule has 0 aliphatic heterocycles. The molecular formula is C8H16ClNO2. The van der Waals surface area contributed by atoms with Crippen LogP contribution in [-0.2, 0) is 9.53 Å². The number of halogens is 1. The second kappa shape index (κ2) is 7.37. The van der Waals surface area contributed by atoms with Crippen LogP contribution in [0.4, 0.5) is 0 Å². The first-order chi connectivity index (χ1) is 5.72. The van der Waals surface area contributed by atoms with E-state index in [1.165, 1.54) is 0 Å². The van der Waals surface area contributed by atoms with Crippen molar-refractivity contribution in [1.82, 2.24) is 0 Å². The fourth-order valence-corrected chi connectivity index (χ4v) is 0.895. The number of hydrogen-bond donors (Lipinski definition) is 1. The molecule has 0 fully saturated rings. The van der Waals surface area contributed by atoms with Crippen LogP contribution in [0.15, 0.2) is 0 Å². The van der Waals surface area contributed by atoms with E-state index >= 15 is 0 Å². The summed E-state index contributed by atoms with van der Waals surface area (Å²) in [5, 5.41) is 0. The van der Waals surface area contributed by atoms with Crippen LogP contribution in [0, 0.1) is 0 Å². The molecule has 0 bridgehead atoms. The van der Waals surface area contributed by atoms with Gasteiger partial charge in [0.25, 0.3) is 0 Å². The lowest BCUT2D eigenvalue weighted by Crippen LogP contribution is -2.32. The summed E-state index contributed by atoms with van der Waals surface area (Å²) >= 11 is 5.41. The molecule has 2 N–H and O–H groups in total. The lowest BCUT2D eigenvalue weighted by molar-refractivity contribution is -0.145. The fourth-order valence-electron chi connectivity index (χ4n) is 0.660. The second-order valence-corrected chi connectivity index (χ2v) is 2.98. The molecule has 0 unspecified atom stereocenters. The predicted octanol–water partition coefficient (Wildman–Crippen LogP) is 1.29. The topological polar surface area (TPSA) is 52.3 Å². The molecule has 0 aliphatic carbocycles. The summed E-state index contributed by atoms with van der Waals surface area (Å²) in [5.74, 6) is 0.0495. The molecular weight excluding hydrogens is 178 g/mol. The number of hydrogen-bond acceptors (Lipinski definition) is 3. The molecule has 0 rings (SSSR count). The van der Waals surface area contributed by atoms with Gasteiger partial charge < -0.3 is 10.5 Å². The zero-order chi connectivity index (χ0) is 9.40. The first kappa shape index (κ1) is 11.7. The number of ether oxygens (including phenoxy) is 1. The maximum absolute atomic E-state index is 11.0. The quantitative estimate of drug-likeness (QED) is 0.393. The smallest absolute Gasteiger partial charge is 0.322 e. The normalized spacial score (nSPS) is 12.6. The van der Waals surface area contributed by atoms with Crippen molar-refractivity contribution in [2.75, 3.05) is 12.5 Å². The van der Waals surface area contributed by atoms with Crippen LogP contribution in [-0.4, -0.2) is 24.5 Å². The predicted molar refractivity (Wildman–Crippen MR) is 49.2 cm³/mol. The van der Waals surface area contributed by atoms with Gasteiger partial charge in [0.05, 0.1) is 6.61 Å². The van der Waals surface area contributed by atoms with Crippen LogP contribution in [0.3, 0.4) is 0 Å². The molecule has 1 atom stereocenters. The average Bonchev–Trinajstić information content (AvgIpc) is 2.05. The molecule has 0 aromatic rings. The Morgan fingerprint density at radius 1 is 1.67 bits per heavy atom. The number of alkyl halides is 1. The first-order valence-electron chi connectivity index (χ1n) is 4.20. The first-order valence-corrected chi connectivity index (χ1v) is 4.74. The minimum Gasteiger partial charge on any atom is -0.465 e. The van der Waals surface area contributed by atoms with Crippen molar-refractivity contribution in [1.29, 1.82) is 0 Å². The molecule has 0 radical (unpaired) electrons. The Balaban J connectivity index is 3.43. The summed E-state index contributed by atoms with van der Waals surface area (Å²) in [5.41, 5.74) is 5.45. The fraction of sp³-hybridized carbons (Fsp3) is 0.875. The van der Waals surface area contributed by atoms with Gasteiger partial charge in [-0.3, -0.25) is 4.79 Å². The van der Waals surface area contributed by atoms with Crippen molar-refractivity contribution in [3.8, 4) is 0 Å². The third kappa shape index (κ3) is 5.38.